The van der Waals surface area contributed by atoms with Gasteiger partial charge in [0.2, 0.25) is 17.7 Å². The third-order valence-electron chi connectivity index (χ3n) is 4.96. The zero-order valence-electron chi connectivity index (χ0n) is 20.0. The van der Waals surface area contributed by atoms with E-state index in [-0.39, 0.29) is 44.6 Å². The predicted molar refractivity (Wildman–Crippen MR) is 128 cm³/mol. The molecule has 0 saturated heterocycles. The maximum atomic E-state index is 12.8. The number of aliphatic hydroxyl groups excluding tert-OH is 1. The number of carboxylic acid groups (broad SMARTS) is 2. The van der Waals surface area contributed by atoms with Gasteiger partial charge in [-0.2, -0.15) is 0 Å². The second-order valence-electron chi connectivity index (χ2n) is 7.98. The van der Waals surface area contributed by atoms with Gasteiger partial charge in [-0.1, -0.05) is 0 Å². The number of nitrogens with one attached hydrogen (secondary N) is 3. The first-order chi connectivity index (χ1) is 16.9. The number of aliphatic imine (C=N–C) groups is 1. The Kier molecular flexibility index (Phi) is 16.1. The lowest BCUT2D eigenvalue weighted by Crippen LogP contribution is -2.58. The highest BCUT2D eigenvalue weighted by molar-refractivity contribution is 5.94. The van der Waals surface area contributed by atoms with Crippen LogP contribution in [0.5, 0.6) is 0 Å². The van der Waals surface area contributed by atoms with Crippen molar-refractivity contribution in [1.29, 1.82) is 0 Å². The first-order valence-electron chi connectivity index (χ1n) is 11.4. The second kappa shape index (κ2) is 17.9. The fourth-order valence-corrected chi connectivity index (χ4v) is 2.95. The molecule has 206 valence electrons. The van der Waals surface area contributed by atoms with Gasteiger partial charge < -0.3 is 54.2 Å². The Morgan fingerprint density at radius 1 is 0.778 bits per heavy atom. The molecule has 0 bridgehead atoms. The number of hydrogen-bond acceptors (Lipinski definition) is 9. The molecule has 0 aromatic rings. The van der Waals surface area contributed by atoms with Gasteiger partial charge in [-0.05, 0) is 45.1 Å². The van der Waals surface area contributed by atoms with Gasteiger partial charge >= 0.3 is 11.9 Å². The zero-order valence-corrected chi connectivity index (χ0v) is 20.0. The molecule has 0 aliphatic heterocycles. The number of guanidine groups is 1. The summed E-state index contributed by atoms with van der Waals surface area (Å²) in [4.78, 5) is 63.5. The Hall–Kier alpha value is -3.50. The highest BCUT2D eigenvalue weighted by Gasteiger charge is 2.29. The normalized spacial score (nSPS) is 14.0. The molecule has 4 unspecified atom stereocenters. The first-order valence-corrected chi connectivity index (χ1v) is 11.4. The minimum absolute atomic E-state index is 0.0179. The number of amides is 3. The molecule has 0 aliphatic carbocycles. The van der Waals surface area contributed by atoms with Crippen LogP contribution in [0, 0.1) is 0 Å². The molecule has 16 nitrogen and oxygen atoms in total. The van der Waals surface area contributed by atoms with Crippen molar-refractivity contribution < 1.29 is 39.3 Å². The number of carboxylic acids is 2. The molecule has 0 spiro atoms. The van der Waals surface area contributed by atoms with Crippen LogP contribution < -0.4 is 38.9 Å². The van der Waals surface area contributed by atoms with E-state index in [1.165, 1.54) is 0 Å². The fourth-order valence-electron chi connectivity index (χ4n) is 2.95. The molecule has 14 N–H and O–H groups in total. The van der Waals surface area contributed by atoms with Gasteiger partial charge in [-0.15, -0.1) is 0 Å². The molecule has 0 saturated carbocycles. The van der Waals surface area contributed by atoms with Crippen molar-refractivity contribution in [3.63, 3.8) is 0 Å². The highest BCUT2D eigenvalue weighted by atomic mass is 16.4. The Bertz CT molecular complexity index is 775. The van der Waals surface area contributed by atoms with E-state index in [9.17, 15) is 34.2 Å². The second-order valence-corrected chi connectivity index (χ2v) is 7.98. The molecule has 36 heavy (non-hydrogen) atoms. The zero-order chi connectivity index (χ0) is 27.7. The molecular formula is C20H38N8O8. The summed E-state index contributed by atoms with van der Waals surface area (Å²) in [5, 5.41) is 34.6. The van der Waals surface area contributed by atoms with Gasteiger partial charge in [0.25, 0.3) is 0 Å². The van der Waals surface area contributed by atoms with E-state index in [0.29, 0.717) is 19.4 Å². The van der Waals surface area contributed by atoms with Gasteiger partial charge in [-0.3, -0.25) is 24.2 Å². The number of nitrogens with two attached hydrogens (primary N) is 4. The third-order valence-corrected chi connectivity index (χ3v) is 4.96. The van der Waals surface area contributed by atoms with E-state index in [1.807, 2.05) is 0 Å². The topological polar surface area (TPSA) is 299 Å². The molecular weight excluding hydrogens is 480 g/mol. The summed E-state index contributed by atoms with van der Waals surface area (Å²) in [6, 6.07) is -5.17. The van der Waals surface area contributed by atoms with Crippen LogP contribution in [0.25, 0.3) is 0 Å². The Morgan fingerprint density at radius 2 is 1.33 bits per heavy atom. The van der Waals surface area contributed by atoms with Crippen LogP contribution in [0.2, 0.25) is 0 Å². The van der Waals surface area contributed by atoms with E-state index >= 15 is 0 Å². The number of unbranched alkanes of at least 4 members (excludes halogenated alkanes) is 1. The SMILES string of the molecule is NCCCCC(NC(=O)C(N)CCC(=O)O)C(=O)NC(CO)C(=O)NC(CCCN=C(N)N)C(=O)O. The summed E-state index contributed by atoms with van der Waals surface area (Å²) in [5.74, 6) is -5.17. The minimum atomic E-state index is -1.51. The van der Waals surface area contributed by atoms with E-state index < -0.39 is 60.4 Å². The van der Waals surface area contributed by atoms with Crippen molar-refractivity contribution in [3.8, 4) is 0 Å². The van der Waals surface area contributed by atoms with E-state index in [2.05, 4.69) is 20.9 Å². The standard InChI is InChI=1S/C20H38N8O8/c21-8-2-1-4-12(26-16(32)11(22)6-7-15(30)31)17(33)28-14(10-29)18(34)27-13(19(35)36)5-3-9-25-20(23)24/h11-14,29H,1-10,21-22H2,(H,26,32)(H,27,34)(H,28,33)(H,30,31)(H,35,36)(H4,23,24,25). The number of aliphatic carboxylic acids is 2. The molecule has 16 heteroatoms. The van der Waals surface area contributed by atoms with Crippen LogP contribution in [0.15, 0.2) is 4.99 Å². The molecule has 0 aliphatic rings. The maximum Gasteiger partial charge on any atom is 0.326 e. The summed E-state index contributed by atoms with van der Waals surface area (Å²) >= 11 is 0. The molecule has 0 rings (SSSR count). The number of carbonyl (C=O) groups is 5. The van der Waals surface area contributed by atoms with Gasteiger partial charge in [0, 0.05) is 13.0 Å². The number of aliphatic hydroxyl groups is 1. The number of rotatable bonds is 19. The number of nitrogens with zero attached hydrogens (tertiary/aromatic N) is 1. The van der Waals surface area contributed by atoms with Crippen LogP contribution in [0.1, 0.15) is 44.9 Å². The van der Waals surface area contributed by atoms with Crippen molar-refractivity contribution >= 4 is 35.6 Å². The summed E-state index contributed by atoms with van der Waals surface area (Å²) in [6.07, 6.45) is 0.823. The average Bonchev–Trinajstić information content (AvgIpc) is 2.81. The lowest BCUT2D eigenvalue weighted by atomic mass is 10.1. The van der Waals surface area contributed by atoms with E-state index in [1.54, 1.807) is 0 Å². The maximum absolute atomic E-state index is 12.8. The van der Waals surface area contributed by atoms with Gasteiger partial charge in [-0.25, -0.2) is 4.79 Å². The van der Waals surface area contributed by atoms with Crippen molar-refractivity contribution in [2.24, 2.45) is 27.9 Å². The monoisotopic (exact) mass is 518 g/mol. The summed E-state index contributed by atoms with van der Waals surface area (Å²) in [5.41, 5.74) is 21.5. The predicted octanol–water partition coefficient (Wildman–Crippen LogP) is -4.11. The quantitative estimate of drug-likeness (QED) is 0.0443. The Balaban J connectivity index is 5.21. The van der Waals surface area contributed by atoms with E-state index in [0.717, 1.165) is 0 Å². The molecule has 0 fully saturated rings. The molecule has 0 radical (unpaired) electrons. The average molecular weight is 519 g/mol. The van der Waals surface area contributed by atoms with Gasteiger partial charge in [0.05, 0.1) is 12.6 Å². The van der Waals surface area contributed by atoms with Crippen molar-refractivity contribution in [2.75, 3.05) is 19.7 Å². The number of carbonyl (C=O) groups excluding carboxylic acids is 3. The summed E-state index contributed by atoms with van der Waals surface area (Å²) < 4.78 is 0. The fraction of sp³-hybridized carbons (Fsp3) is 0.700. The molecule has 0 heterocycles. The first kappa shape index (κ1) is 32.5. The Labute approximate surface area is 208 Å². The van der Waals surface area contributed by atoms with Gasteiger partial charge in [0.1, 0.15) is 18.1 Å². The van der Waals surface area contributed by atoms with Crippen molar-refractivity contribution in [1.82, 2.24) is 16.0 Å². The van der Waals surface area contributed by atoms with Crippen LogP contribution >= 0.6 is 0 Å². The van der Waals surface area contributed by atoms with Crippen LogP contribution in [-0.4, -0.2) is 94.8 Å². The summed E-state index contributed by atoms with van der Waals surface area (Å²) in [7, 11) is 0. The largest absolute Gasteiger partial charge is 0.481 e. The van der Waals surface area contributed by atoms with Crippen molar-refractivity contribution in [2.45, 2.75) is 69.1 Å². The Morgan fingerprint density at radius 3 is 1.86 bits per heavy atom. The van der Waals surface area contributed by atoms with Crippen LogP contribution in [-0.2, 0) is 24.0 Å². The minimum Gasteiger partial charge on any atom is -0.481 e. The van der Waals surface area contributed by atoms with E-state index in [4.69, 9.17) is 28.0 Å². The van der Waals surface area contributed by atoms with Gasteiger partial charge in [0.15, 0.2) is 5.96 Å². The molecule has 4 atom stereocenters. The highest BCUT2D eigenvalue weighted by Crippen LogP contribution is 2.05. The number of hydrogen-bond donors (Lipinski definition) is 10. The smallest absolute Gasteiger partial charge is 0.326 e. The summed E-state index contributed by atoms with van der Waals surface area (Å²) in [6.45, 7) is -0.373. The van der Waals surface area contributed by atoms with Crippen LogP contribution in [0.4, 0.5) is 0 Å². The van der Waals surface area contributed by atoms with Crippen molar-refractivity contribution in [3.05, 3.63) is 0 Å². The third kappa shape index (κ3) is 14.0. The van der Waals surface area contributed by atoms with Crippen LogP contribution in [0.3, 0.4) is 0 Å². The lowest BCUT2D eigenvalue weighted by molar-refractivity contribution is -0.143. The molecule has 3 amide bonds. The molecule has 0 aromatic carbocycles. The lowest BCUT2D eigenvalue weighted by Gasteiger charge is -2.24. The molecule has 0 aromatic heterocycles.